The summed E-state index contributed by atoms with van der Waals surface area (Å²) < 4.78 is 1.68. The van der Waals surface area contributed by atoms with Gasteiger partial charge in [0.1, 0.15) is 5.65 Å². The van der Waals surface area contributed by atoms with Gasteiger partial charge in [-0.2, -0.15) is 0 Å². The van der Waals surface area contributed by atoms with Gasteiger partial charge in [-0.25, -0.2) is 10.4 Å². The summed E-state index contributed by atoms with van der Waals surface area (Å²) >= 11 is 0. The van der Waals surface area contributed by atoms with Crippen molar-refractivity contribution in [3.63, 3.8) is 0 Å². The van der Waals surface area contributed by atoms with E-state index < -0.39 is 0 Å². The lowest BCUT2D eigenvalue weighted by molar-refractivity contribution is 0.678. The van der Waals surface area contributed by atoms with Crippen molar-refractivity contribution in [3.8, 4) is 5.69 Å². The molecule has 0 bridgehead atoms. The van der Waals surface area contributed by atoms with Crippen LogP contribution in [0.1, 0.15) is 18.5 Å². The molecule has 5 nitrogen and oxygen atoms in total. The van der Waals surface area contributed by atoms with Gasteiger partial charge < -0.3 is 5.43 Å². The third-order valence-corrected chi connectivity index (χ3v) is 3.83. The van der Waals surface area contributed by atoms with Crippen molar-refractivity contribution in [3.05, 3.63) is 64.6 Å². The standard InChI is InChI=1S/C16H14N4O/c1-10-13-14(19-18-10)12-8-5-9-17-15(12)20(16(13)21)11-6-3-2-4-7-11/h2-10,18-19H,1H3. The molecule has 1 aliphatic heterocycles. The van der Waals surface area contributed by atoms with Gasteiger partial charge in [-0.3, -0.25) is 9.36 Å². The Labute approximate surface area is 121 Å². The molecule has 0 saturated carbocycles. The van der Waals surface area contributed by atoms with Crippen LogP contribution in [0.2, 0.25) is 0 Å². The highest BCUT2D eigenvalue weighted by Gasteiger charge is 2.26. The molecule has 0 saturated heterocycles. The first-order valence-electron chi connectivity index (χ1n) is 6.88. The Hall–Kier alpha value is -2.66. The van der Waals surface area contributed by atoms with Gasteiger partial charge in [-0.15, -0.1) is 0 Å². The molecule has 1 atom stereocenters. The van der Waals surface area contributed by atoms with Crippen LogP contribution in [-0.4, -0.2) is 9.55 Å². The lowest BCUT2D eigenvalue weighted by Gasteiger charge is -2.13. The lowest BCUT2D eigenvalue weighted by Crippen LogP contribution is -2.24. The van der Waals surface area contributed by atoms with Crippen LogP contribution in [0.4, 0.5) is 5.69 Å². The second kappa shape index (κ2) is 4.43. The maximum Gasteiger partial charge on any atom is 0.263 e. The molecule has 0 radical (unpaired) electrons. The second-order valence-electron chi connectivity index (χ2n) is 5.13. The number of benzene rings is 1. The summed E-state index contributed by atoms with van der Waals surface area (Å²) in [7, 11) is 0. The van der Waals surface area contributed by atoms with Gasteiger partial charge in [-0.1, -0.05) is 18.2 Å². The topological polar surface area (TPSA) is 58.9 Å². The maximum absolute atomic E-state index is 12.9. The molecule has 3 heterocycles. The van der Waals surface area contributed by atoms with Gasteiger partial charge in [0.15, 0.2) is 0 Å². The smallest absolute Gasteiger partial charge is 0.263 e. The van der Waals surface area contributed by atoms with Gasteiger partial charge in [0.2, 0.25) is 0 Å². The average molecular weight is 278 g/mol. The van der Waals surface area contributed by atoms with E-state index in [1.54, 1.807) is 10.8 Å². The van der Waals surface area contributed by atoms with Crippen LogP contribution in [0.3, 0.4) is 0 Å². The zero-order chi connectivity index (χ0) is 14.4. The lowest BCUT2D eigenvalue weighted by atomic mass is 10.1. The number of aromatic nitrogens is 2. The summed E-state index contributed by atoms with van der Waals surface area (Å²) in [5.41, 5.74) is 9.25. The molecule has 2 aromatic heterocycles. The Bertz CT molecular complexity index is 886. The number of nitrogens with one attached hydrogen (secondary N) is 2. The monoisotopic (exact) mass is 278 g/mol. The fourth-order valence-corrected chi connectivity index (χ4v) is 2.84. The summed E-state index contributed by atoms with van der Waals surface area (Å²) in [6.45, 7) is 1.97. The van der Waals surface area contributed by atoms with Gasteiger partial charge in [0.05, 0.1) is 23.0 Å². The van der Waals surface area contributed by atoms with E-state index in [4.69, 9.17) is 0 Å². The van der Waals surface area contributed by atoms with Gasteiger partial charge in [0.25, 0.3) is 5.56 Å². The Morgan fingerprint density at radius 1 is 1.14 bits per heavy atom. The normalized spacial score (nSPS) is 16.7. The fraction of sp³-hybridized carbons (Fsp3) is 0.125. The molecule has 4 rings (SSSR count). The number of anilines is 1. The fourth-order valence-electron chi connectivity index (χ4n) is 2.84. The zero-order valence-corrected chi connectivity index (χ0v) is 11.5. The molecule has 5 heteroatoms. The summed E-state index contributed by atoms with van der Waals surface area (Å²) in [6, 6.07) is 13.4. The molecule has 1 unspecified atom stereocenters. The largest absolute Gasteiger partial charge is 0.320 e. The number of rotatable bonds is 1. The summed E-state index contributed by atoms with van der Waals surface area (Å²) in [6.07, 6.45) is 1.71. The molecule has 3 aromatic rings. The van der Waals surface area contributed by atoms with Crippen LogP contribution in [0, 0.1) is 0 Å². The molecule has 0 spiro atoms. The molecule has 0 amide bonds. The van der Waals surface area contributed by atoms with Crippen molar-refractivity contribution in [1.82, 2.24) is 15.0 Å². The SMILES string of the molecule is CC1NNc2c1c(=O)n(-c1ccccc1)c1ncccc21. The molecule has 2 N–H and O–H groups in total. The second-order valence-corrected chi connectivity index (χ2v) is 5.13. The van der Waals surface area contributed by atoms with Crippen molar-refractivity contribution >= 4 is 16.7 Å². The van der Waals surface area contributed by atoms with E-state index in [2.05, 4.69) is 15.8 Å². The van der Waals surface area contributed by atoms with E-state index >= 15 is 0 Å². The number of fused-ring (bicyclic) bond motifs is 3. The highest BCUT2D eigenvalue weighted by atomic mass is 16.1. The van der Waals surface area contributed by atoms with E-state index in [1.165, 1.54) is 0 Å². The Morgan fingerprint density at radius 3 is 2.76 bits per heavy atom. The molecule has 1 aliphatic rings. The molecule has 0 fully saturated rings. The molecular weight excluding hydrogens is 264 g/mol. The predicted molar refractivity (Wildman–Crippen MR) is 82.5 cm³/mol. The van der Waals surface area contributed by atoms with Gasteiger partial charge in [0, 0.05) is 11.6 Å². The number of nitrogens with zero attached hydrogens (tertiary/aromatic N) is 2. The number of pyridine rings is 2. The predicted octanol–water partition coefficient (Wildman–Crippen LogP) is 2.38. The zero-order valence-electron chi connectivity index (χ0n) is 11.5. The number of hydrazine groups is 1. The molecule has 0 aliphatic carbocycles. The van der Waals surface area contributed by atoms with Crippen molar-refractivity contribution in [2.24, 2.45) is 0 Å². The van der Waals surface area contributed by atoms with Crippen LogP contribution in [0.15, 0.2) is 53.5 Å². The molecule has 21 heavy (non-hydrogen) atoms. The minimum atomic E-state index is -0.0351. The number of para-hydroxylation sites is 1. The first-order chi connectivity index (χ1) is 10.3. The molecular formula is C16H14N4O. The van der Waals surface area contributed by atoms with Crippen molar-refractivity contribution in [2.45, 2.75) is 13.0 Å². The van der Waals surface area contributed by atoms with Crippen molar-refractivity contribution in [1.29, 1.82) is 0 Å². The van der Waals surface area contributed by atoms with E-state index in [9.17, 15) is 4.79 Å². The maximum atomic E-state index is 12.9. The van der Waals surface area contributed by atoms with Crippen molar-refractivity contribution < 1.29 is 0 Å². The minimum absolute atomic E-state index is 0.0348. The number of hydrogen-bond acceptors (Lipinski definition) is 4. The number of hydrogen-bond donors (Lipinski definition) is 2. The average Bonchev–Trinajstić information content (AvgIpc) is 2.91. The van der Waals surface area contributed by atoms with Crippen LogP contribution >= 0.6 is 0 Å². The minimum Gasteiger partial charge on any atom is -0.320 e. The van der Waals surface area contributed by atoms with Gasteiger partial charge in [-0.05, 0) is 31.2 Å². The highest BCUT2D eigenvalue weighted by Crippen LogP contribution is 2.32. The quantitative estimate of drug-likeness (QED) is 0.717. The van der Waals surface area contributed by atoms with Crippen LogP contribution in [0.25, 0.3) is 16.7 Å². The summed E-state index contributed by atoms with van der Waals surface area (Å²) in [5, 5.41) is 0.938. The molecule has 104 valence electrons. The van der Waals surface area contributed by atoms with Gasteiger partial charge >= 0.3 is 0 Å². The van der Waals surface area contributed by atoms with Crippen LogP contribution < -0.4 is 16.4 Å². The molecule has 1 aromatic carbocycles. The van der Waals surface area contributed by atoms with E-state index in [1.807, 2.05) is 49.4 Å². The first kappa shape index (κ1) is 12.1. The van der Waals surface area contributed by atoms with E-state index in [-0.39, 0.29) is 11.6 Å². The van der Waals surface area contributed by atoms with E-state index in [0.717, 1.165) is 22.3 Å². The summed E-state index contributed by atoms with van der Waals surface area (Å²) in [4.78, 5) is 17.3. The third kappa shape index (κ3) is 1.68. The Kier molecular flexibility index (Phi) is 2.55. The van der Waals surface area contributed by atoms with Crippen LogP contribution in [0.5, 0.6) is 0 Å². The summed E-state index contributed by atoms with van der Waals surface area (Å²) in [5.74, 6) is 0. The highest BCUT2D eigenvalue weighted by molar-refractivity contribution is 5.92. The Balaban J connectivity index is 2.19. The third-order valence-electron chi connectivity index (χ3n) is 3.83. The Morgan fingerprint density at radius 2 is 1.95 bits per heavy atom. The first-order valence-corrected chi connectivity index (χ1v) is 6.88. The van der Waals surface area contributed by atoms with Crippen molar-refractivity contribution in [2.75, 3.05) is 5.43 Å². The van der Waals surface area contributed by atoms with Crippen LogP contribution in [-0.2, 0) is 0 Å². The van der Waals surface area contributed by atoms with E-state index in [0.29, 0.717) is 5.65 Å².